The Bertz CT molecular complexity index is 828. The molecule has 1 aliphatic heterocycles. The fraction of sp³-hybridized carbons (Fsp3) is 0.176. The van der Waals surface area contributed by atoms with Crippen molar-refractivity contribution < 1.29 is 9.32 Å². The average molecular weight is 321 g/mol. The summed E-state index contributed by atoms with van der Waals surface area (Å²) in [5.41, 5.74) is 1.22. The third-order valence-electron chi connectivity index (χ3n) is 3.86. The summed E-state index contributed by atoms with van der Waals surface area (Å²) in [6.07, 6.45) is 3.36. The summed E-state index contributed by atoms with van der Waals surface area (Å²) in [4.78, 5) is 22.4. The normalized spacial score (nSPS) is 14.2. The Kier molecular flexibility index (Phi) is 3.66. The van der Waals surface area contributed by atoms with Gasteiger partial charge in [0, 0.05) is 37.1 Å². The molecule has 0 bridgehead atoms. The Morgan fingerprint density at radius 3 is 2.62 bits per heavy atom. The van der Waals surface area contributed by atoms with Gasteiger partial charge in [0.1, 0.15) is 0 Å². The van der Waals surface area contributed by atoms with E-state index in [-0.39, 0.29) is 11.9 Å². The van der Waals surface area contributed by atoms with Crippen LogP contribution >= 0.6 is 0 Å². The van der Waals surface area contributed by atoms with E-state index in [0.717, 1.165) is 5.56 Å². The van der Waals surface area contributed by atoms with Crippen LogP contribution in [0.15, 0.2) is 59.4 Å². The SMILES string of the molecule is O=C(c1cc(-c2ccccc2)on1)N1CC(Nc2ncccn2)C1. The first kappa shape index (κ1) is 14.4. The van der Waals surface area contributed by atoms with Crippen LogP contribution in [0.2, 0.25) is 0 Å². The monoisotopic (exact) mass is 321 g/mol. The molecule has 0 atom stereocenters. The minimum absolute atomic E-state index is 0.132. The lowest BCUT2D eigenvalue weighted by atomic mass is 10.1. The number of amides is 1. The number of aromatic nitrogens is 3. The molecule has 1 aliphatic rings. The van der Waals surface area contributed by atoms with Crippen molar-refractivity contribution in [1.82, 2.24) is 20.0 Å². The second-order valence-electron chi connectivity index (χ2n) is 5.57. The van der Waals surface area contributed by atoms with E-state index >= 15 is 0 Å². The van der Waals surface area contributed by atoms with Gasteiger partial charge < -0.3 is 14.7 Å². The Balaban J connectivity index is 1.37. The molecule has 24 heavy (non-hydrogen) atoms. The highest BCUT2D eigenvalue weighted by molar-refractivity contribution is 5.93. The quantitative estimate of drug-likeness (QED) is 0.792. The molecular weight excluding hydrogens is 306 g/mol. The van der Waals surface area contributed by atoms with Gasteiger partial charge in [0.25, 0.3) is 5.91 Å². The van der Waals surface area contributed by atoms with E-state index in [1.165, 1.54) is 0 Å². The minimum Gasteiger partial charge on any atom is -0.355 e. The van der Waals surface area contributed by atoms with E-state index in [1.54, 1.807) is 29.4 Å². The first-order valence-electron chi connectivity index (χ1n) is 7.64. The van der Waals surface area contributed by atoms with Crippen molar-refractivity contribution in [1.29, 1.82) is 0 Å². The number of likely N-dealkylation sites (tertiary alicyclic amines) is 1. The summed E-state index contributed by atoms with van der Waals surface area (Å²) in [6, 6.07) is 13.2. The molecule has 0 saturated carbocycles. The van der Waals surface area contributed by atoms with Gasteiger partial charge in [0.15, 0.2) is 11.5 Å². The Morgan fingerprint density at radius 2 is 1.88 bits per heavy atom. The standard InChI is InChI=1S/C17H15N5O2/c23-16(14-9-15(24-21-14)12-5-2-1-3-6-12)22-10-13(11-22)20-17-18-7-4-8-19-17/h1-9,13H,10-11H2,(H,18,19,20). The number of rotatable bonds is 4. The lowest BCUT2D eigenvalue weighted by Crippen LogP contribution is -2.57. The van der Waals surface area contributed by atoms with Gasteiger partial charge in [-0.25, -0.2) is 9.97 Å². The molecule has 0 unspecified atom stereocenters. The maximum Gasteiger partial charge on any atom is 0.276 e. The molecule has 1 amide bonds. The van der Waals surface area contributed by atoms with E-state index < -0.39 is 0 Å². The van der Waals surface area contributed by atoms with Crippen molar-refractivity contribution in [3.8, 4) is 11.3 Å². The van der Waals surface area contributed by atoms with Crippen molar-refractivity contribution in [2.75, 3.05) is 18.4 Å². The van der Waals surface area contributed by atoms with Gasteiger partial charge in [-0.3, -0.25) is 4.79 Å². The smallest absolute Gasteiger partial charge is 0.276 e. The lowest BCUT2D eigenvalue weighted by Gasteiger charge is -2.38. The van der Waals surface area contributed by atoms with Crippen LogP contribution in [0.4, 0.5) is 5.95 Å². The second-order valence-corrected chi connectivity index (χ2v) is 5.57. The number of hydrogen-bond acceptors (Lipinski definition) is 6. The van der Waals surface area contributed by atoms with Crippen LogP contribution in [0.5, 0.6) is 0 Å². The predicted molar refractivity (Wildman–Crippen MR) is 87.3 cm³/mol. The molecule has 3 heterocycles. The lowest BCUT2D eigenvalue weighted by molar-refractivity contribution is 0.0614. The maximum atomic E-state index is 12.4. The summed E-state index contributed by atoms with van der Waals surface area (Å²) in [5.74, 6) is 1.03. The molecule has 0 radical (unpaired) electrons. The van der Waals surface area contributed by atoms with Gasteiger partial charge >= 0.3 is 0 Å². The molecule has 4 rings (SSSR count). The number of anilines is 1. The first-order valence-corrected chi connectivity index (χ1v) is 7.64. The Hall–Kier alpha value is -3.22. The predicted octanol–water partition coefficient (Wildman–Crippen LogP) is 2.07. The number of carbonyl (C=O) groups is 1. The van der Waals surface area contributed by atoms with Gasteiger partial charge in [-0.05, 0) is 6.07 Å². The van der Waals surface area contributed by atoms with Crippen molar-refractivity contribution in [2.24, 2.45) is 0 Å². The van der Waals surface area contributed by atoms with Gasteiger partial charge in [-0.2, -0.15) is 0 Å². The van der Waals surface area contributed by atoms with Gasteiger partial charge in [0.2, 0.25) is 5.95 Å². The average Bonchev–Trinajstić information content (AvgIpc) is 3.09. The molecule has 2 aromatic heterocycles. The second kappa shape index (κ2) is 6.11. The highest BCUT2D eigenvalue weighted by atomic mass is 16.5. The fourth-order valence-corrected chi connectivity index (χ4v) is 2.57. The molecule has 7 nitrogen and oxygen atoms in total. The highest BCUT2D eigenvalue weighted by Crippen LogP contribution is 2.22. The van der Waals surface area contributed by atoms with Crippen LogP contribution in [0, 0.1) is 0 Å². The van der Waals surface area contributed by atoms with E-state index in [9.17, 15) is 4.79 Å². The third-order valence-corrected chi connectivity index (χ3v) is 3.86. The molecule has 1 saturated heterocycles. The molecule has 1 aromatic carbocycles. The van der Waals surface area contributed by atoms with Crippen molar-refractivity contribution in [3.05, 3.63) is 60.6 Å². The number of nitrogens with zero attached hydrogens (tertiary/aromatic N) is 4. The van der Waals surface area contributed by atoms with Crippen molar-refractivity contribution in [3.63, 3.8) is 0 Å². The molecule has 3 aromatic rings. The third kappa shape index (κ3) is 2.83. The molecule has 120 valence electrons. The Morgan fingerprint density at radius 1 is 1.12 bits per heavy atom. The molecule has 1 fully saturated rings. The zero-order valence-corrected chi connectivity index (χ0v) is 12.8. The summed E-state index contributed by atoms with van der Waals surface area (Å²) in [7, 11) is 0. The van der Waals surface area contributed by atoms with Crippen LogP contribution in [-0.2, 0) is 0 Å². The van der Waals surface area contributed by atoms with Gasteiger partial charge in [-0.1, -0.05) is 35.5 Å². The number of hydrogen-bond donors (Lipinski definition) is 1. The molecular formula is C17H15N5O2. The summed E-state index contributed by atoms with van der Waals surface area (Å²) in [6.45, 7) is 1.18. The largest absolute Gasteiger partial charge is 0.355 e. The fourth-order valence-electron chi connectivity index (χ4n) is 2.57. The molecule has 7 heteroatoms. The highest BCUT2D eigenvalue weighted by Gasteiger charge is 2.33. The van der Waals surface area contributed by atoms with E-state index in [1.807, 2.05) is 30.3 Å². The van der Waals surface area contributed by atoms with E-state index in [2.05, 4.69) is 20.4 Å². The number of benzene rings is 1. The van der Waals surface area contributed by atoms with E-state index in [4.69, 9.17) is 4.52 Å². The molecule has 0 spiro atoms. The zero-order chi connectivity index (χ0) is 16.4. The summed E-state index contributed by atoms with van der Waals surface area (Å²) < 4.78 is 5.28. The van der Waals surface area contributed by atoms with Crippen LogP contribution in [0.1, 0.15) is 10.5 Å². The van der Waals surface area contributed by atoms with E-state index in [0.29, 0.717) is 30.5 Å². The molecule has 1 N–H and O–H groups in total. The minimum atomic E-state index is -0.132. The number of nitrogens with one attached hydrogen (secondary N) is 1. The van der Waals surface area contributed by atoms with Crippen molar-refractivity contribution in [2.45, 2.75) is 6.04 Å². The van der Waals surface area contributed by atoms with Gasteiger partial charge in [-0.15, -0.1) is 0 Å². The summed E-state index contributed by atoms with van der Waals surface area (Å²) >= 11 is 0. The van der Waals surface area contributed by atoms with Crippen LogP contribution in [-0.4, -0.2) is 45.1 Å². The van der Waals surface area contributed by atoms with Crippen LogP contribution in [0.25, 0.3) is 11.3 Å². The Labute approximate surface area is 138 Å². The van der Waals surface area contributed by atoms with Crippen molar-refractivity contribution >= 4 is 11.9 Å². The van der Waals surface area contributed by atoms with Crippen LogP contribution < -0.4 is 5.32 Å². The first-order chi connectivity index (χ1) is 11.8. The van der Waals surface area contributed by atoms with Gasteiger partial charge in [0.05, 0.1) is 6.04 Å². The number of carbonyl (C=O) groups excluding carboxylic acids is 1. The zero-order valence-electron chi connectivity index (χ0n) is 12.8. The molecule has 0 aliphatic carbocycles. The topological polar surface area (TPSA) is 84.2 Å². The van der Waals surface area contributed by atoms with Crippen LogP contribution in [0.3, 0.4) is 0 Å². The maximum absolute atomic E-state index is 12.4. The summed E-state index contributed by atoms with van der Waals surface area (Å²) in [5, 5.41) is 7.08.